The lowest BCUT2D eigenvalue weighted by atomic mass is 10.2. The minimum atomic E-state index is -0.0303. The van der Waals surface area contributed by atoms with Crippen molar-refractivity contribution in [1.29, 1.82) is 0 Å². The van der Waals surface area contributed by atoms with Crippen LogP contribution in [0.3, 0.4) is 0 Å². The van der Waals surface area contributed by atoms with Crippen LogP contribution in [0.1, 0.15) is 24.8 Å². The molecule has 1 aliphatic rings. The molecule has 1 N–H and O–H groups in total. The molecule has 2 heterocycles. The minimum absolute atomic E-state index is 0.0303. The van der Waals surface area contributed by atoms with Gasteiger partial charge in [-0.05, 0) is 37.7 Å². The highest BCUT2D eigenvalue weighted by molar-refractivity contribution is 7.99. The maximum Gasteiger partial charge on any atom is 0.323 e. The van der Waals surface area contributed by atoms with Gasteiger partial charge in [0.1, 0.15) is 5.82 Å². The largest absolute Gasteiger partial charge is 0.323 e. The SMILES string of the molecule is CS[C@H]1CCCCN(C(=O)Nc2ccc(C)cn2)C1. The van der Waals surface area contributed by atoms with Crippen molar-refractivity contribution in [2.75, 3.05) is 24.7 Å². The Morgan fingerprint density at radius 1 is 1.47 bits per heavy atom. The summed E-state index contributed by atoms with van der Waals surface area (Å²) in [6.45, 7) is 3.66. The fourth-order valence-corrected chi connectivity index (χ4v) is 2.94. The molecule has 0 aliphatic carbocycles. The second-order valence-electron chi connectivity index (χ2n) is 4.95. The average Bonchev–Trinajstić information content (AvgIpc) is 2.67. The number of pyridine rings is 1. The standard InChI is InChI=1S/C14H21N3OS/c1-11-6-7-13(15-9-11)16-14(18)17-8-4-3-5-12(10-17)19-2/h6-7,9,12H,3-5,8,10H2,1-2H3,(H,15,16,18)/t12-/m0/s1. The number of rotatable bonds is 2. The third-order valence-electron chi connectivity index (χ3n) is 3.40. The highest BCUT2D eigenvalue weighted by Crippen LogP contribution is 2.20. The van der Waals surface area contributed by atoms with Crippen molar-refractivity contribution in [1.82, 2.24) is 9.88 Å². The second-order valence-corrected chi connectivity index (χ2v) is 6.09. The third-order valence-corrected chi connectivity index (χ3v) is 4.45. The Morgan fingerprint density at radius 3 is 3.00 bits per heavy atom. The van der Waals surface area contributed by atoms with Gasteiger partial charge in [-0.3, -0.25) is 5.32 Å². The Balaban J connectivity index is 1.96. The molecule has 2 amide bonds. The molecular formula is C14H21N3OS. The normalized spacial score (nSPS) is 19.9. The van der Waals surface area contributed by atoms with Gasteiger partial charge in [0.2, 0.25) is 0 Å². The highest BCUT2D eigenvalue weighted by atomic mass is 32.2. The zero-order valence-electron chi connectivity index (χ0n) is 11.6. The summed E-state index contributed by atoms with van der Waals surface area (Å²) in [5, 5.41) is 3.43. The average molecular weight is 279 g/mol. The topological polar surface area (TPSA) is 45.2 Å². The van der Waals surface area contributed by atoms with E-state index in [1.807, 2.05) is 35.7 Å². The van der Waals surface area contributed by atoms with Crippen LogP contribution in [0.25, 0.3) is 0 Å². The summed E-state index contributed by atoms with van der Waals surface area (Å²) in [5.41, 5.74) is 1.09. The number of aromatic nitrogens is 1. The predicted molar refractivity (Wildman–Crippen MR) is 80.7 cm³/mol. The lowest BCUT2D eigenvalue weighted by molar-refractivity contribution is 0.214. The van der Waals surface area contributed by atoms with Gasteiger partial charge in [-0.15, -0.1) is 0 Å². The Kier molecular flexibility index (Phi) is 5.07. The lowest BCUT2D eigenvalue weighted by Crippen LogP contribution is -2.38. The maximum absolute atomic E-state index is 12.2. The molecule has 0 radical (unpaired) electrons. The van der Waals surface area contributed by atoms with Gasteiger partial charge < -0.3 is 4.90 Å². The van der Waals surface area contributed by atoms with E-state index in [0.717, 1.165) is 25.1 Å². The van der Waals surface area contributed by atoms with Crippen molar-refractivity contribution in [3.8, 4) is 0 Å². The van der Waals surface area contributed by atoms with Gasteiger partial charge in [-0.1, -0.05) is 12.5 Å². The van der Waals surface area contributed by atoms with E-state index in [1.54, 1.807) is 6.20 Å². The van der Waals surface area contributed by atoms with Crippen molar-refractivity contribution in [2.45, 2.75) is 31.4 Å². The summed E-state index contributed by atoms with van der Waals surface area (Å²) < 4.78 is 0. The van der Waals surface area contributed by atoms with Crippen LogP contribution in [0.5, 0.6) is 0 Å². The Hall–Kier alpha value is -1.23. The summed E-state index contributed by atoms with van der Waals surface area (Å²) in [7, 11) is 0. The van der Waals surface area contributed by atoms with E-state index >= 15 is 0 Å². The van der Waals surface area contributed by atoms with Crippen LogP contribution in [0.15, 0.2) is 18.3 Å². The van der Waals surface area contributed by atoms with E-state index in [4.69, 9.17) is 0 Å². The molecule has 1 atom stereocenters. The first-order chi connectivity index (χ1) is 9.19. The molecule has 0 bridgehead atoms. The van der Waals surface area contributed by atoms with E-state index in [9.17, 15) is 4.79 Å². The van der Waals surface area contributed by atoms with Crippen molar-refractivity contribution in [3.05, 3.63) is 23.9 Å². The van der Waals surface area contributed by atoms with Gasteiger partial charge in [-0.2, -0.15) is 11.8 Å². The molecule has 0 unspecified atom stereocenters. The fourth-order valence-electron chi connectivity index (χ4n) is 2.21. The second kappa shape index (κ2) is 6.80. The summed E-state index contributed by atoms with van der Waals surface area (Å²) in [6.07, 6.45) is 7.38. The van der Waals surface area contributed by atoms with E-state index < -0.39 is 0 Å². The van der Waals surface area contributed by atoms with Crippen LogP contribution in [-0.4, -0.2) is 40.5 Å². The summed E-state index contributed by atoms with van der Waals surface area (Å²) in [4.78, 5) is 18.4. The molecule has 104 valence electrons. The van der Waals surface area contributed by atoms with Crippen LogP contribution in [0.2, 0.25) is 0 Å². The molecule has 1 fully saturated rings. The molecule has 4 nitrogen and oxygen atoms in total. The first kappa shape index (κ1) is 14.2. The number of nitrogens with zero attached hydrogens (tertiary/aromatic N) is 2. The molecule has 1 saturated heterocycles. The summed E-state index contributed by atoms with van der Waals surface area (Å²) in [5.74, 6) is 0.626. The number of aryl methyl sites for hydroxylation is 1. The number of amides is 2. The van der Waals surface area contributed by atoms with E-state index in [-0.39, 0.29) is 6.03 Å². The van der Waals surface area contributed by atoms with Crippen molar-refractivity contribution in [2.24, 2.45) is 0 Å². The van der Waals surface area contributed by atoms with E-state index in [1.165, 1.54) is 12.8 Å². The fraction of sp³-hybridized carbons (Fsp3) is 0.571. The Morgan fingerprint density at radius 2 is 2.32 bits per heavy atom. The number of likely N-dealkylation sites (tertiary alicyclic amines) is 1. The minimum Gasteiger partial charge on any atom is -0.323 e. The van der Waals surface area contributed by atoms with Gasteiger partial charge >= 0.3 is 6.03 Å². The quantitative estimate of drug-likeness (QED) is 0.904. The highest BCUT2D eigenvalue weighted by Gasteiger charge is 2.21. The summed E-state index contributed by atoms with van der Waals surface area (Å²) >= 11 is 1.85. The molecule has 1 aromatic rings. The molecule has 0 spiro atoms. The molecule has 5 heteroatoms. The van der Waals surface area contributed by atoms with Crippen LogP contribution in [0.4, 0.5) is 10.6 Å². The monoisotopic (exact) mass is 279 g/mol. The van der Waals surface area contributed by atoms with Gasteiger partial charge in [0.05, 0.1) is 0 Å². The molecule has 1 aliphatic heterocycles. The van der Waals surface area contributed by atoms with Crippen molar-refractivity contribution in [3.63, 3.8) is 0 Å². The molecule has 0 aromatic carbocycles. The first-order valence-corrected chi connectivity index (χ1v) is 7.99. The summed E-state index contributed by atoms with van der Waals surface area (Å²) in [6, 6.07) is 3.77. The molecule has 1 aromatic heterocycles. The maximum atomic E-state index is 12.2. The Bertz CT molecular complexity index is 421. The smallest absolute Gasteiger partial charge is 0.323 e. The number of carbonyl (C=O) groups is 1. The number of hydrogen-bond acceptors (Lipinski definition) is 3. The number of thioether (sulfide) groups is 1. The molecular weight excluding hydrogens is 258 g/mol. The first-order valence-electron chi connectivity index (χ1n) is 6.70. The van der Waals surface area contributed by atoms with Crippen molar-refractivity contribution >= 4 is 23.6 Å². The van der Waals surface area contributed by atoms with Gasteiger partial charge in [0.15, 0.2) is 0 Å². The zero-order valence-corrected chi connectivity index (χ0v) is 12.4. The number of carbonyl (C=O) groups excluding carboxylic acids is 1. The van der Waals surface area contributed by atoms with E-state index in [0.29, 0.717) is 11.1 Å². The van der Waals surface area contributed by atoms with Crippen LogP contribution in [-0.2, 0) is 0 Å². The lowest BCUT2D eigenvalue weighted by Gasteiger charge is -2.23. The van der Waals surface area contributed by atoms with Gasteiger partial charge in [-0.25, -0.2) is 9.78 Å². The number of urea groups is 1. The van der Waals surface area contributed by atoms with Gasteiger partial charge in [0, 0.05) is 24.5 Å². The number of anilines is 1. The molecule has 19 heavy (non-hydrogen) atoms. The van der Waals surface area contributed by atoms with Gasteiger partial charge in [0.25, 0.3) is 0 Å². The number of hydrogen-bond donors (Lipinski definition) is 1. The Labute approximate surface area is 119 Å². The van der Waals surface area contributed by atoms with Crippen molar-refractivity contribution < 1.29 is 4.79 Å². The third kappa shape index (κ3) is 4.13. The molecule has 0 saturated carbocycles. The molecule has 2 rings (SSSR count). The van der Waals surface area contributed by atoms with E-state index in [2.05, 4.69) is 16.6 Å². The zero-order chi connectivity index (χ0) is 13.7. The van der Waals surface area contributed by atoms with Crippen LogP contribution < -0.4 is 5.32 Å². The van der Waals surface area contributed by atoms with Crippen LogP contribution >= 0.6 is 11.8 Å². The predicted octanol–water partition coefficient (Wildman–Crippen LogP) is 3.14. The van der Waals surface area contributed by atoms with Crippen LogP contribution in [0, 0.1) is 6.92 Å². The number of nitrogens with one attached hydrogen (secondary N) is 1.